The fraction of sp³-hybridized carbons (Fsp3) is 0.556. The maximum atomic E-state index is 11.1. The van der Waals surface area contributed by atoms with Crippen LogP contribution in [0.5, 0.6) is 0 Å². The second-order valence-electron chi connectivity index (χ2n) is 3.02. The molecule has 0 saturated carbocycles. The number of hydrogen-bond acceptors (Lipinski definition) is 5. The summed E-state index contributed by atoms with van der Waals surface area (Å²) in [7, 11) is 2.43. The Kier molecular flexibility index (Phi) is 4.14. The molecule has 0 spiro atoms. The molecule has 0 aromatic heterocycles. The molecule has 0 fully saturated rings. The van der Waals surface area contributed by atoms with E-state index in [1.54, 1.807) is 0 Å². The van der Waals surface area contributed by atoms with Crippen molar-refractivity contribution in [2.24, 2.45) is 0 Å². The predicted octanol–water partition coefficient (Wildman–Crippen LogP) is 0.641. The van der Waals surface area contributed by atoms with Crippen molar-refractivity contribution in [2.75, 3.05) is 14.2 Å². The Morgan fingerprint density at radius 1 is 1.14 bits per heavy atom. The lowest BCUT2D eigenvalue weighted by Crippen LogP contribution is -2.36. The fourth-order valence-corrected chi connectivity index (χ4v) is 0.751. The lowest BCUT2D eigenvalue weighted by molar-refractivity contribution is -0.163. The number of ether oxygens (including phenoxy) is 3. The van der Waals surface area contributed by atoms with E-state index in [0.717, 1.165) is 0 Å². The molecule has 80 valence electrons. The van der Waals surface area contributed by atoms with Crippen LogP contribution in [0.3, 0.4) is 0 Å². The van der Waals surface area contributed by atoms with Crippen molar-refractivity contribution in [1.29, 1.82) is 0 Å². The molecular weight excluding hydrogens is 188 g/mol. The molecule has 0 bridgehead atoms. The van der Waals surface area contributed by atoms with E-state index in [-0.39, 0.29) is 5.76 Å². The molecule has 5 nitrogen and oxygen atoms in total. The number of carbonyl (C=O) groups excluding carboxylic acids is 2. The summed E-state index contributed by atoms with van der Waals surface area (Å²) >= 11 is 0. The van der Waals surface area contributed by atoms with E-state index in [0.29, 0.717) is 0 Å². The molecule has 0 N–H and O–H groups in total. The number of rotatable bonds is 4. The van der Waals surface area contributed by atoms with Gasteiger partial charge >= 0.3 is 11.9 Å². The molecule has 0 aliphatic rings. The van der Waals surface area contributed by atoms with E-state index in [1.807, 2.05) is 0 Å². The Morgan fingerprint density at radius 3 is 2.00 bits per heavy atom. The van der Waals surface area contributed by atoms with Gasteiger partial charge in [-0.1, -0.05) is 0 Å². The first-order chi connectivity index (χ1) is 6.35. The third-order valence-electron chi connectivity index (χ3n) is 1.47. The average Bonchev–Trinajstić information content (AvgIpc) is 2.14. The van der Waals surface area contributed by atoms with Crippen LogP contribution in [0, 0.1) is 0 Å². The van der Waals surface area contributed by atoms with E-state index in [1.165, 1.54) is 28.1 Å². The van der Waals surface area contributed by atoms with Gasteiger partial charge in [0.1, 0.15) is 0 Å². The number of methoxy groups -OCH3 is 2. The lowest BCUT2D eigenvalue weighted by Gasteiger charge is -2.23. The zero-order valence-corrected chi connectivity index (χ0v) is 8.75. The van der Waals surface area contributed by atoms with E-state index in [9.17, 15) is 9.59 Å². The first-order valence-corrected chi connectivity index (χ1v) is 3.89. The lowest BCUT2D eigenvalue weighted by atomic mass is 10.1. The Labute approximate surface area is 82.6 Å². The Balaban J connectivity index is 4.44. The van der Waals surface area contributed by atoms with Crippen molar-refractivity contribution < 1.29 is 23.8 Å². The topological polar surface area (TPSA) is 61.8 Å². The largest absolute Gasteiger partial charge is 0.469 e. The summed E-state index contributed by atoms with van der Waals surface area (Å²) in [6, 6.07) is 0. The highest BCUT2D eigenvalue weighted by molar-refractivity contribution is 5.87. The molecule has 5 heteroatoms. The summed E-state index contributed by atoms with van der Waals surface area (Å²) in [5, 5.41) is 0. The van der Waals surface area contributed by atoms with E-state index in [2.05, 4.69) is 16.1 Å². The van der Waals surface area contributed by atoms with Gasteiger partial charge in [-0.25, -0.2) is 9.59 Å². The minimum absolute atomic E-state index is 0.233. The van der Waals surface area contributed by atoms with Crippen LogP contribution in [0.1, 0.15) is 13.8 Å². The molecule has 14 heavy (non-hydrogen) atoms. The molecule has 0 aromatic carbocycles. The summed E-state index contributed by atoms with van der Waals surface area (Å²) < 4.78 is 13.8. The maximum absolute atomic E-state index is 11.1. The van der Waals surface area contributed by atoms with E-state index >= 15 is 0 Å². The van der Waals surface area contributed by atoms with Crippen LogP contribution in [-0.4, -0.2) is 31.8 Å². The molecule has 0 aliphatic carbocycles. The molecule has 0 heterocycles. The van der Waals surface area contributed by atoms with Crippen LogP contribution < -0.4 is 0 Å². The van der Waals surface area contributed by atoms with E-state index < -0.39 is 17.5 Å². The normalized spacial score (nSPS) is 10.3. The molecule has 0 radical (unpaired) electrons. The molecule has 0 amide bonds. The standard InChI is InChI=1S/C9H14O5/c1-6(7(10)12-4)14-9(2,3)8(11)13-5/h1H2,2-5H3. The first-order valence-electron chi connectivity index (χ1n) is 3.89. The second-order valence-corrected chi connectivity index (χ2v) is 3.02. The monoisotopic (exact) mass is 202 g/mol. The molecule has 0 aromatic rings. The number of hydrogen-bond donors (Lipinski definition) is 0. The molecule has 0 rings (SSSR count). The molecule has 0 saturated heterocycles. The summed E-state index contributed by atoms with van der Waals surface area (Å²) in [6.07, 6.45) is 0. The van der Waals surface area contributed by atoms with Crippen LogP contribution >= 0.6 is 0 Å². The van der Waals surface area contributed by atoms with Gasteiger partial charge < -0.3 is 14.2 Å². The van der Waals surface area contributed by atoms with Gasteiger partial charge in [-0.3, -0.25) is 0 Å². The number of esters is 2. The minimum Gasteiger partial charge on any atom is -0.469 e. The average molecular weight is 202 g/mol. The van der Waals surface area contributed by atoms with Gasteiger partial charge in [0.15, 0.2) is 5.76 Å². The molecule has 0 atom stereocenters. The van der Waals surface area contributed by atoms with E-state index in [4.69, 9.17) is 4.74 Å². The Morgan fingerprint density at radius 2 is 1.64 bits per heavy atom. The van der Waals surface area contributed by atoms with Gasteiger partial charge in [0.05, 0.1) is 14.2 Å². The van der Waals surface area contributed by atoms with Gasteiger partial charge in [0, 0.05) is 0 Å². The summed E-state index contributed by atoms with van der Waals surface area (Å²) in [4.78, 5) is 22.0. The second kappa shape index (κ2) is 4.64. The molecule has 0 unspecified atom stereocenters. The van der Waals surface area contributed by atoms with Crippen molar-refractivity contribution >= 4 is 11.9 Å². The highest BCUT2D eigenvalue weighted by Crippen LogP contribution is 2.15. The van der Waals surface area contributed by atoms with Crippen molar-refractivity contribution in [2.45, 2.75) is 19.4 Å². The SMILES string of the molecule is C=C(OC(C)(C)C(=O)OC)C(=O)OC. The minimum atomic E-state index is -1.25. The van der Waals surface area contributed by atoms with Crippen LogP contribution in [0.25, 0.3) is 0 Å². The third-order valence-corrected chi connectivity index (χ3v) is 1.47. The Hall–Kier alpha value is -1.52. The van der Waals surface area contributed by atoms with Gasteiger partial charge in [-0.05, 0) is 20.4 Å². The quantitative estimate of drug-likeness (QED) is 0.380. The first kappa shape index (κ1) is 12.5. The predicted molar refractivity (Wildman–Crippen MR) is 48.3 cm³/mol. The van der Waals surface area contributed by atoms with Gasteiger partial charge in [0.2, 0.25) is 5.60 Å². The van der Waals surface area contributed by atoms with Crippen LogP contribution in [0.2, 0.25) is 0 Å². The third kappa shape index (κ3) is 3.08. The molecule has 0 aliphatic heterocycles. The van der Waals surface area contributed by atoms with Crippen molar-refractivity contribution in [3.8, 4) is 0 Å². The van der Waals surface area contributed by atoms with Gasteiger partial charge in [-0.2, -0.15) is 0 Å². The maximum Gasteiger partial charge on any atom is 0.372 e. The Bertz CT molecular complexity index is 254. The zero-order chi connectivity index (χ0) is 11.4. The molecular formula is C9H14O5. The highest BCUT2D eigenvalue weighted by atomic mass is 16.6. The highest BCUT2D eigenvalue weighted by Gasteiger charge is 2.33. The summed E-state index contributed by atoms with van der Waals surface area (Å²) in [6.45, 7) is 6.25. The number of carbonyl (C=O) groups is 2. The summed E-state index contributed by atoms with van der Waals surface area (Å²) in [5.74, 6) is -1.55. The smallest absolute Gasteiger partial charge is 0.372 e. The zero-order valence-electron chi connectivity index (χ0n) is 8.75. The van der Waals surface area contributed by atoms with Crippen molar-refractivity contribution in [1.82, 2.24) is 0 Å². The van der Waals surface area contributed by atoms with Crippen LogP contribution in [0.4, 0.5) is 0 Å². The van der Waals surface area contributed by atoms with Crippen molar-refractivity contribution in [3.63, 3.8) is 0 Å². The van der Waals surface area contributed by atoms with Crippen LogP contribution in [-0.2, 0) is 23.8 Å². The van der Waals surface area contributed by atoms with Crippen LogP contribution in [0.15, 0.2) is 12.3 Å². The van der Waals surface area contributed by atoms with Gasteiger partial charge in [0.25, 0.3) is 0 Å². The summed E-state index contributed by atoms with van der Waals surface area (Å²) in [5.41, 5.74) is -1.25. The fourth-order valence-electron chi connectivity index (χ4n) is 0.751. The van der Waals surface area contributed by atoms with Gasteiger partial charge in [-0.15, -0.1) is 0 Å². The van der Waals surface area contributed by atoms with Crippen molar-refractivity contribution in [3.05, 3.63) is 12.3 Å².